The molecule has 0 saturated heterocycles. The Balaban J connectivity index is 1.65. The van der Waals surface area contributed by atoms with E-state index in [1.165, 1.54) is 31.2 Å². The van der Waals surface area contributed by atoms with Crippen LogP contribution in [0, 0.1) is 0 Å². The topological polar surface area (TPSA) is 26.0 Å². The number of hydrogen-bond acceptors (Lipinski definition) is 1. The van der Waals surface area contributed by atoms with Crippen LogP contribution in [0.4, 0.5) is 0 Å². The molecule has 0 radical (unpaired) electrons. The van der Waals surface area contributed by atoms with E-state index in [-0.39, 0.29) is 6.04 Å². The summed E-state index contributed by atoms with van der Waals surface area (Å²) >= 11 is 0. The molecule has 104 valence electrons. The summed E-state index contributed by atoms with van der Waals surface area (Å²) in [6, 6.07) is 19.6. The Labute approximate surface area is 121 Å². The van der Waals surface area contributed by atoms with E-state index < -0.39 is 0 Å². The lowest BCUT2D eigenvalue weighted by atomic mass is 9.79. The minimum Gasteiger partial charge on any atom is -0.324 e. The summed E-state index contributed by atoms with van der Waals surface area (Å²) in [5, 5.41) is 0. The fraction of sp³-hybridized carbons (Fsp3) is 0.368. The average molecular weight is 265 g/mol. The fourth-order valence-corrected chi connectivity index (χ4v) is 3.40. The predicted molar refractivity (Wildman–Crippen MR) is 84.7 cm³/mol. The molecule has 0 heterocycles. The molecule has 2 aromatic carbocycles. The predicted octanol–water partition coefficient (Wildman–Crippen LogP) is 4.59. The Kier molecular flexibility index (Phi) is 4.17. The van der Waals surface area contributed by atoms with Gasteiger partial charge in [0.15, 0.2) is 0 Å². The van der Waals surface area contributed by atoms with Crippen LogP contribution in [-0.2, 0) is 6.42 Å². The van der Waals surface area contributed by atoms with Gasteiger partial charge >= 0.3 is 0 Å². The summed E-state index contributed by atoms with van der Waals surface area (Å²) in [5.74, 6) is 0.703. The molecule has 0 amide bonds. The number of aryl methyl sites for hydroxylation is 1. The van der Waals surface area contributed by atoms with E-state index in [0.717, 1.165) is 6.42 Å². The number of benzene rings is 2. The molecule has 0 saturated carbocycles. The molecule has 0 fully saturated rings. The third-order valence-electron chi connectivity index (χ3n) is 4.55. The second-order valence-electron chi connectivity index (χ2n) is 5.88. The van der Waals surface area contributed by atoms with Gasteiger partial charge in [0.25, 0.3) is 0 Å². The van der Waals surface area contributed by atoms with Crippen LogP contribution >= 0.6 is 0 Å². The second-order valence-corrected chi connectivity index (χ2v) is 5.88. The van der Waals surface area contributed by atoms with Crippen LogP contribution in [-0.4, -0.2) is 0 Å². The zero-order valence-electron chi connectivity index (χ0n) is 12.0. The van der Waals surface area contributed by atoms with Crippen LogP contribution in [0.25, 0.3) is 0 Å². The molecule has 2 unspecified atom stereocenters. The van der Waals surface area contributed by atoms with E-state index in [4.69, 9.17) is 5.73 Å². The van der Waals surface area contributed by atoms with E-state index in [9.17, 15) is 0 Å². The summed E-state index contributed by atoms with van der Waals surface area (Å²) in [5.41, 5.74) is 10.7. The lowest BCUT2D eigenvalue weighted by Gasteiger charge is -2.26. The largest absolute Gasteiger partial charge is 0.324 e. The van der Waals surface area contributed by atoms with E-state index in [1.54, 1.807) is 11.1 Å². The zero-order valence-corrected chi connectivity index (χ0v) is 12.0. The molecule has 0 aromatic heterocycles. The molecular formula is C19H23N. The van der Waals surface area contributed by atoms with Gasteiger partial charge in [-0.1, -0.05) is 54.6 Å². The third kappa shape index (κ3) is 2.94. The monoisotopic (exact) mass is 265 g/mol. The van der Waals surface area contributed by atoms with Gasteiger partial charge in [-0.15, -0.1) is 0 Å². The summed E-state index contributed by atoms with van der Waals surface area (Å²) in [6.07, 6.45) is 6.16. The highest BCUT2D eigenvalue weighted by Crippen LogP contribution is 2.35. The summed E-state index contributed by atoms with van der Waals surface area (Å²) in [6.45, 7) is 0. The standard InChI is InChI=1S/C19H23N/c20-19(17-8-2-1-3-9-17)14-13-16-11-6-10-15-7-4-5-12-18(15)16/h1-5,7-9,12,16,19H,6,10-11,13-14,20H2. The van der Waals surface area contributed by atoms with Crippen LogP contribution in [0.5, 0.6) is 0 Å². The van der Waals surface area contributed by atoms with Gasteiger partial charge in [-0.25, -0.2) is 0 Å². The van der Waals surface area contributed by atoms with Gasteiger partial charge in [0.1, 0.15) is 0 Å². The van der Waals surface area contributed by atoms with Crippen molar-refractivity contribution in [2.75, 3.05) is 0 Å². The first-order valence-corrected chi connectivity index (χ1v) is 7.73. The van der Waals surface area contributed by atoms with E-state index in [2.05, 4.69) is 48.5 Å². The second kappa shape index (κ2) is 6.23. The van der Waals surface area contributed by atoms with Crippen molar-refractivity contribution in [3.8, 4) is 0 Å². The lowest BCUT2D eigenvalue weighted by molar-refractivity contribution is 0.477. The van der Waals surface area contributed by atoms with Gasteiger partial charge in [0.05, 0.1) is 0 Å². The number of nitrogens with two attached hydrogens (primary N) is 1. The van der Waals surface area contributed by atoms with Gasteiger partial charge in [-0.2, -0.15) is 0 Å². The van der Waals surface area contributed by atoms with Crippen LogP contribution in [0.2, 0.25) is 0 Å². The number of fused-ring (bicyclic) bond motifs is 1. The highest BCUT2D eigenvalue weighted by Gasteiger charge is 2.20. The molecule has 2 atom stereocenters. The van der Waals surface area contributed by atoms with E-state index >= 15 is 0 Å². The Morgan fingerprint density at radius 3 is 2.60 bits per heavy atom. The molecule has 1 heteroatoms. The zero-order chi connectivity index (χ0) is 13.8. The van der Waals surface area contributed by atoms with Crippen LogP contribution in [0.1, 0.15) is 54.3 Å². The van der Waals surface area contributed by atoms with Crippen molar-refractivity contribution in [3.05, 3.63) is 71.3 Å². The highest BCUT2D eigenvalue weighted by molar-refractivity contribution is 5.32. The average Bonchev–Trinajstić information content (AvgIpc) is 2.53. The summed E-state index contributed by atoms with van der Waals surface area (Å²) < 4.78 is 0. The minimum atomic E-state index is 0.172. The molecular weight excluding hydrogens is 242 g/mol. The highest BCUT2D eigenvalue weighted by atomic mass is 14.6. The first-order chi connectivity index (χ1) is 9.84. The molecule has 3 rings (SSSR count). The van der Waals surface area contributed by atoms with E-state index in [0.29, 0.717) is 5.92 Å². The SMILES string of the molecule is NC(CCC1CCCc2ccccc21)c1ccccc1. The van der Waals surface area contributed by atoms with Gasteiger partial charge < -0.3 is 5.73 Å². The maximum Gasteiger partial charge on any atom is 0.0295 e. The first-order valence-electron chi connectivity index (χ1n) is 7.73. The molecule has 2 aromatic rings. The van der Waals surface area contributed by atoms with Gasteiger partial charge in [-0.3, -0.25) is 0 Å². The van der Waals surface area contributed by atoms with E-state index in [1.807, 2.05) is 6.07 Å². The molecule has 20 heavy (non-hydrogen) atoms. The Hall–Kier alpha value is -1.60. The fourth-order valence-electron chi connectivity index (χ4n) is 3.40. The van der Waals surface area contributed by atoms with Crippen LogP contribution in [0.15, 0.2) is 54.6 Å². The smallest absolute Gasteiger partial charge is 0.0295 e. The molecule has 1 aliphatic carbocycles. The van der Waals surface area contributed by atoms with Crippen molar-refractivity contribution in [3.63, 3.8) is 0 Å². The normalized spacial score (nSPS) is 19.4. The maximum atomic E-state index is 6.33. The molecule has 2 N–H and O–H groups in total. The Morgan fingerprint density at radius 2 is 1.75 bits per heavy atom. The van der Waals surface area contributed by atoms with Gasteiger partial charge in [0, 0.05) is 6.04 Å². The van der Waals surface area contributed by atoms with Crippen molar-refractivity contribution in [1.82, 2.24) is 0 Å². The molecule has 0 bridgehead atoms. The lowest BCUT2D eigenvalue weighted by Crippen LogP contribution is -2.14. The summed E-state index contributed by atoms with van der Waals surface area (Å²) in [7, 11) is 0. The van der Waals surface area contributed by atoms with Crippen molar-refractivity contribution in [2.45, 2.75) is 44.1 Å². The number of rotatable bonds is 4. The maximum absolute atomic E-state index is 6.33. The Bertz CT molecular complexity index is 547. The quantitative estimate of drug-likeness (QED) is 0.860. The van der Waals surface area contributed by atoms with Crippen LogP contribution < -0.4 is 5.73 Å². The van der Waals surface area contributed by atoms with Crippen molar-refractivity contribution >= 4 is 0 Å². The van der Waals surface area contributed by atoms with Crippen LogP contribution in [0.3, 0.4) is 0 Å². The molecule has 0 spiro atoms. The number of hydrogen-bond donors (Lipinski definition) is 1. The third-order valence-corrected chi connectivity index (χ3v) is 4.55. The van der Waals surface area contributed by atoms with Gasteiger partial charge in [-0.05, 0) is 54.7 Å². The van der Waals surface area contributed by atoms with Crippen molar-refractivity contribution in [1.29, 1.82) is 0 Å². The Morgan fingerprint density at radius 1 is 1.00 bits per heavy atom. The van der Waals surface area contributed by atoms with Crippen molar-refractivity contribution in [2.24, 2.45) is 5.73 Å². The van der Waals surface area contributed by atoms with Crippen molar-refractivity contribution < 1.29 is 0 Å². The van der Waals surface area contributed by atoms with Gasteiger partial charge in [0.2, 0.25) is 0 Å². The minimum absolute atomic E-state index is 0.172. The summed E-state index contributed by atoms with van der Waals surface area (Å²) in [4.78, 5) is 0. The first kappa shape index (κ1) is 13.4. The molecule has 1 nitrogen and oxygen atoms in total. The molecule has 1 aliphatic rings. The molecule has 0 aliphatic heterocycles.